The van der Waals surface area contributed by atoms with Gasteiger partial charge in [0.1, 0.15) is 5.69 Å². The maximum Gasteiger partial charge on any atom is 0.273 e. The predicted octanol–water partition coefficient (Wildman–Crippen LogP) is 3.22. The van der Waals surface area contributed by atoms with E-state index >= 15 is 0 Å². The molecule has 2 rings (SSSR count). The van der Waals surface area contributed by atoms with Gasteiger partial charge >= 0.3 is 0 Å². The Morgan fingerprint density at radius 3 is 2.33 bits per heavy atom. The summed E-state index contributed by atoms with van der Waals surface area (Å²) in [5.41, 5.74) is 2.50. The fourth-order valence-electron chi connectivity index (χ4n) is 2.24. The number of amides is 2. The molecule has 1 unspecified atom stereocenters. The first-order valence-electron chi connectivity index (χ1n) is 8.20. The van der Waals surface area contributed by atoms with E-state index < -0.39 is 0 Å². The Morgan fingerprint density at radius 2 is 1.79 bits per heavy atom. The van der Waals surface area contributed by atoms with Crippen LogP contribution in [0.2, 0.25) is 0 Å². The van der Waals surface area contributed by atoms with Gasteiger partial charge in [0.25, 0.3) is 5.91 Å². The maximum atomic E-state index is 12.5. The number of nitrogens with zero attached hydrogens (tertiary/aromatic N) is 2. The molecule has 0 radical (unpaired) electrons. The summed E-state index contributed by atoms with van der Waals surface area (Å²) in [6.07, 6.45) is 1.53. The van der Waals surface area contributed by atoms with Gasteiger partial charge in [-0.1, -0.05) is 32.9 Å². The first kappa shape index (κ1) is 17.7. The molecule has 6 heteroatoms. The molecule has 1 heterocycles. The van der Waals surface area contributed by atoms with Crippen molar-refractivity contribution >= 4 is 23.2 Å². The molecule has 2 amide bonds. The van der Waals surface area contributed by atoms with Gasteiger partial charge in [-0.3, -0.25) is 14.3 Å². The van der Waals surface area contributed by atoms with Crippen LogP contribution in [0.4, 0.5) is 11.4 Å². The molecular formula is C18H24N4O2. The molecule has 6 nitrogen and oxygen atoms in total. The highest BCUT2D eigenvalue weighted by molar-refractivity contribution is 6.06. The normalized spacial score (nSPS) is 11.8. The summed E-state index contributed by atoms with van der Waals surface area (Å²) < 4.78 is 1.56. The molecule has 128 valence electrons. The molecule has 0 fully saturated rings. The van der Waals surface area contributed by atoms with Crippen LogP contribution in [0.25, 0.3) is 0 Å². The molecule has 0 spiro atoms. The molecule has 0 bridgehead atoms. The van der Waals surface area contributed by atoms with Crippen LogP contribution in [0.5, 0.6) is 0 Å². The lowest BCUT2D eigenvalue weighted by molar-refractivity contribution is -0.119. The zero-order chi connectivity index (χ0) is 17.7. The van der Waals surface area contributed by atoms with Crippen molar-refractivity contribution in [2.75, 3.05) is 10.6 Å². The van der Waals surface area contributed by atoms with E-state index in [1.165, 1.54) is 0 Å². The van der Waals surface area contributed by atoms with Crippen LogP contribution >= 0.6 is 0 Å². The lowest BCUT2D eigenvalue weighted by atomic mass is 10.1. The molecule has 1 aromatic heterocycles. The predicted molar refractivity (Wildman–Crippen MR) is 95.1 cm³/mol. The van der Waals surface area contributed by atoms with Crippen LogP contribution in [0, 0.1) is 5.92 Å². The maximum absolute atomic E-state index is 12.5. The van der Waals surface area contributed by atoms with Crippen molar-refractivity contribution < 1.29 is 9.59 Å². The summed E-state index contributed by atoms with van der Waals surface area (Å²) in [6.45, 7) is 5.83. The molecular weight excluding hydrogens is 304 g/mol. The molecule has 0 saturated heterocycles. The Balaban J connectivity index is 2.19. The lowest BCUT2D eigenvalue weighted by Crippen LogP contribution is -2.22. The van der Waals surface area contributed by atoms with Crippen LogP contribution in [0.3, 0.4) is 0 Å². The van der Waals surface area contributed by atoms with Crippen molar-refractivity contribution in [3.8, 4) is 0 Å². The minimum absolute atomic E-state index is 0.0620. The summed E-state index contributed by atoms with van der Waals surface area (Å²) in [4.78, 5) is 24.6. The van der Waals surface area contributed by atoms with Crippen LogP contribution in [-0.2, 0) is 18.3 Å². The SMILES string of the molecule is CCc1cc(C(=O)Nc2ccccc2NC(=O)C(C)CC)n(C)n1. The quantitative estimate of drug-likeness (QED) is 0.855. The molecule has 0 aliphatic rings. The number of hydrogen-bond donors (Lipinski definition) is 2. The van der Waals surface area contributed by atoms with Crippen molar-refractivity contribution in [1.82, 2.24) is 9.78 Å². The number of rotatable bonds is 6. The minimum Gasteiger partial charge on any atom is -0.324 e. The molecule has 1 aromatic carbocycles. The fourth-order valence-corrected chi connectivity index (χ4v) is 2.24. The van der Waals surface area contributed by atoms with Gasteiger partial charge in [-0.25, -0.2) is 0 Å². The molecule has 2 aromatic rings. The zero-order valence-corrected chi connectivity index (χ0v) is 14.6. The molecule has 0 saturated carbocycles. The van der Waals surface area contributed by atoms with Crippen LogP contribution < -0.4 is 10.6 Å². The van der Waals surface area contributed by atoms with Crippen LogP contribution in [0.1, 0.15) is 43.4 Å². The molecule has 1 atom stereocenters. The smallest absolute Gasteiger partial charge is 0.273 e. The van der Waals surface area contributed by atoms with E-state index in [2.05, 4.69) is 15.7 Å². The third kappa shape index (κ3) is 4.01. The van der Waals surface area contributed by atoms with Crippen molar-refractivity contribution in [3.05, 3.63) is 41.7 Å². The van der Waals surface area contributed by atoms with E-state index in [9.17, 15) is 9.59 Å². The first-order chi connectivity index (χ1) is 11.5. The van der Waals surface area contributed by atoms with Gasteiger partial charge in [-0.2, -0.15) is 5.10 Å². The van der Waals surface area contributed by atoms with E-state index in [-0.39, 0.29) is 17.7 Å². The van der Waals surface area contributed by atoms with Gasteiger partial charge < -0.3 is 10.6 Å². The number of benzene rings is 1. The number of para-hydroxylation sites is 2. The summed E-state index contributed by atoms with van der Waals surface area (Å²) >= 11 is 0. The molecule has 2 N–H and O–H groups in total. The van der Waals surface area contributed by atoms with Gasteiger partial charge in [-0.15, -0.1) is 0 Å². The van der Waals surface area contributed by atoms with Gasteiger partial charge in [0.2, 0.25) is 5.91 Å². The van der Waals surface area contributed by atoms with E-state index in [0.717, 1.165) is 18.5 Å². The van der Waals surface area contributed by atoms with Gasteiger partial charge in [0, 0.05) is 13.0 Å². The molecule has 24 heavy (non-hydrogen) atoms. The molecule has 0 aliphatic heterocycles. The van der Waals surface area contributed by atoms with Crippen LogP contribution in [0.15, 0.2) is 30.3 Å². The molecule has 0 aliphatic carbocycles. The third-order valence-corrected chi connectivity index (χ3v) is 4.02. The second-order valence-electron chi connectivity index (χ2n) is 5.80. The Bertz CT molecular complexity index is 736. The average molecular weight is 328 g/mol. The number of nitrogens with one attached hydrogen (secondary N) is 2. The summed E-state index contributed by atoms with van der Waals surface area (Å²) in [5, 5.41) is 10.0. The zero-order valence-electron chi connectivity index (χ0n) is 14.6. The number of carbonyl (C=O) groups is 2. The highest BCUT2D eigenvalue weighted by Crippen LogP contribution is 2.23. The second kappa shape index (κ2) is 7.77. The average Bonchev–Trinajstić information content (AvgIpc) is 2.96. The second-order valence-corrected chi connectivity index (χ2v) is 5.80. The standard InChI is InChI=1S/C18H24N4O2/c1-5-12(3)17(23)19-14-9-7-8-10-15(14)20-18(24)16-11-13(6-2)21-22(16)4/h7-12H,5-6H2,1-4H3,(H,19,23)(H,20,24). The Hall–Kier alpha value is -2.63. The van der Waals surface area contributed by atoms with E-state index in [1.807, 2.05) is 32.9 Å². The largest absolute Gasteiger partial charge is 0.324 e. The summed E-state index contributed by atoms with van der Waals surface area (Å²) in [7, 11) is 1.74. The summed E-state index contributed by atoms with van der Waals surface area (Å²) in [6, 6.07) is 8.95. The van der Waals surface area contributed by atoms with Gasteiger partial charge in [0.05, 0.1) is 17.1 Å². The van der Waals surface area contributed by atoms with E-state index in [4.69, 9.17) is 0 Å². The minimum atomic E-state index is -0.255. The Morgan fingerprint density at radius 1 is 1.17 bits per heavy atom. The first-order valence-corrected chi connectivity index (χ1v) is 8.20. The number of aryl methyl sites for hydroxylation is 2. The Labute approximate surface area is 142 Å². The Kier molecular flexibility index (Phi) is 5.73. The highest BCUT2D eigenvalue weighted by atomic mass is 16.2. The number of anilines is 2. The lowest BCUT2D eigenvalue weighted by Gasteiger charge is -2.14. The fraction of sp³-hybridized carbons (Fsp3) is 0.389. The van der Waals surface area contributed by atoms with Gasteiger partial charge in [-0.05, 0) is 31.0 Å². The summed E-state index contributed by atoms with van der Waals surface area (Å²) in [5.74, 6) is -0.402. The van der Waals surface area contributed by atoms with E-state index in [0.29, 0.717) is 17.1 Å². The van der Waals surface area contributed by atoms with Crippen LogP contribution in [-0.4, -0.2) is 21.6 Å². The number of carbonyl (C=O) groups excluding carboxylic acids is 2. The highest BCUT2D eigenvalue weighted by Gasteiger charge is 2.16. The number of hydrogen-bond acceptors (Lipinski definition) is 3. The van der Waals surface area contributed by atoms with Gasteiger partial charge in [0.15, 0.2) is 0 Å². The number of aromatic nitrogens is 2. The van der Waals surface area contributed by atoms with E-state index in [1.54, 1.807) is 29.9 Å². The third-order valence-electron chi connectivity index (χ3n) is 4.02. The van der Waals surface area contributed by atoms with Crippen molar-refractivity contribution in [3.63, 3.8) is 0 Å². The van der Waals surface area contributed by atoms with Crippen molar-refractivity contribution in [1.29, 1.82) is 0 Å². The van der Waals surface area contributed by atoms with Crippen molar-refractivity contribution in [2.24, 2.45) is 13.0 Å². The van der Waals surface area contributed by atoms with Crippen molar-refractivity contribution in [2.45, 2.75) is 33.6 Å². The topological polar surface area (TPSA) is 76.0 Å². The monoisotopic (exact) mass is 328 g/mol.